The Morgan fingerprint density at radius 3 is 3.00 bits per heavy atom. The third-order valence-electron chi connectivity index (χ3n) is 4.06. The van der Waals surface area contributed by atoms with E-state index in [2.05, 4.69) is 17.4 Å². The van der Waals surface area contributed by atoms with E-state index >= 15 is 0 Å². The molecule has 1 aromatic rings. The number of benzene rings is 1. The van der Waals surface area contributed by atoms with Gasteiger partial charge < -0.3 is 15.0 Å². The molecule has 102 valence electrons. The largest absolute Gasteiger partial charge is 0.371 e. The quantitative estimate of drug-likeness (QED) is 0.863. The van der Waals surface area contributed by atoms with E-state index in [1.165, 1.54) is 5.56 Å². The molecule has 0 bridgehead atoms. The third kappa shape index (κ3) is 2.80. The van der Waals surface area contributed by atoms with Crippen molar-refractivity contribution in [2.45, 2.75) is 19.0 Å². The maximum absolute atomic E-state index is 12.2. The van der Waals surface area contributed by atoms with Gasteiger partial charge in [-0.2, -0.15) is 0 Å². The lowest BCUT2D eigenvalue weighted by Gasteiger charge is -2.37. The second kappa shape index (κ2) is 5.72. The number of carbonyl (C=O) groups excluding carboxylic acids is 1. The monoisotopic (exact) mass is 260 g/mol. The van der Waals surface area contributed by atoms with Crippen LogP contribution in [-0.2, 0) is 16.1 Å². The lowest BCUT2D eigenvalue weighted by atomic mass is 9.92. The number of hydrogen-bond acceptors (Lipinski definition) is 3. The molecule has 3 rings (SSSR count). The third-order valence-corrected chi connectivity index (χ3v) is 4.06. The molecule has 1 aromatic carbocycles. The van der Waals surface area contributed by atoms with Gasteiger partial charge >= 0.3 is 0 Å². The lowest BCUT2D eigenvalue weighted by Crippen LogP contribution is -2.52. The van der Waals surface area contributed by atoms with E-state index in [1.807, 2.05) is 23.1 Å². The van der Waals surface area contributed by atoms with Crippen LogP contribution in [0.25, 0.3) is 0 Å². The first kappa shape index (κ1) is 12.6. The summed E-state index contributed by atoms with van der Waals surface area (Å²) in [5.41, 5.74) is 1.18. The molecule has 2 unspecified atom stereocenters. The van der Waals surface area contributed by atoms with Gasteiger partial charge in [0.25, 0.3) is 0 Å². The Hall–Kier alpha value is -1.39. The summed E-state index contributed by atoms with van der Waals surface area (Å²) in [6.45, 7) is 3.53. The zero-order chi connectivity index (χ0) is 13.1. The van der Waals surface area contributed by atoms with Crippen LogP contribution in [0.5, 0.6) is 0 Å². The minimum absolute atomic E-state index is 0.111. The highest BCUT2D eigenvalue weighted by Gasteiger charge is 2.35. The average molecular weight is 260 g/mol. The van der Waals surface area contributed by atoms with Crippen LogP contribution in [0.3, 0.4) is 0 Å². The highest BCUT2D eigenvalue weighted by molar-refractivity contribution is 5.78. The molecule has 4 nitrogen and oxygen atoms in total. The molecule has 2 heterocycles. The smallest absolute Gasteiger partial charge is 0.249 e. The summed E-state index contributed by atoms with van der Waals surface area (Å²) in [6, 6.07) is 10.5. The van der Waals surface area contributed by atoms with E-state index in [1.54, 1.807) is 0 Å². The summed E-state index contributed by atoms with van der Waals surface area (Å²) in [7, 11) is 0. The normalized spacial score (nSPS) is 27.8. The highest BCUT2D eigenvalue weighted by Crippen LogP contribution is 2.23. The van der Waals surface area contributed by atoms with Crippen molar-refractivity contribution in [1.29, 1.82) is 0 Å². The lowest BCUT2D eigenvalue weighted by molar-refractivity contribution is -0.136. The zero-order valence-electron chi connectivity index (χ0n) is 11.0. The number of rotatable bonds is 2. The van der Waals surface area contributed by atoms with Gasteiger partial charge in [-0.25, -0.2) is 0 Å². The van der Waals surface area contributed by atoms with Gasteiger partial charge in [0.15, 0.2) is 0 Å². The second-order valence-corrected chi connectivity index (χ2v) is 5.34. The van der Waals surface area contributed by atoms with E-state index < -0.39 is 0 Å². The van der Waals surface area contributed by atoms with E-state index in [4.69, 9.17) is 4.74 Å². The SMILES string of the molecule is O=C1COCC2CCNCC2N1Cc1ccccc1. The number of piperidine rings is 1. The molecule has 2 saturated heterocycles. The number of ether oxygens (including phenoxy) is 1. The van der Waals surface area contributed by atoms with Crippen molar-refractivity contribution >= 4 is 5.91 Å². The molecule has 0 aromatic heterocycles. The van der Waals surface area contributed by atoms with Gasteiger partial charge in [-0.3, -0.25) is 4.79 Å². The predicted octanol–water partition coefficient (Wildman–Crippen LogP) is 1.02. The van der Waals surface area contributed by atoms with Crippen LogP contribution < -0.4 is 5.32 Å². The fourth-order valence-electron chi connectivity index (χ4n) is 3.01. The number of hydrogen-bond donors (Lipinski definition) is 1. The Morgan fingerprint density at radius 2 is 2.16 bits per heavy atom. The Bertz CT molecular complexity index is 435. The van der Waals surface area contributed by atoms with E-state index in [0.717, 1.165) is 19.5 Å². The Kier molecular flexibility index (Phi) is 3.80. The van der Waals surface area contributed by atoms with Crippen molar-refractivity contribution in [2.75, 3.05) is 26.3 Å². The summed E-state index contributed by atoms with van der Waals surface area (Å²) in [5, 5.41) is 3.40. The molecule has 2 aliphatic heterocycles. The minimum atomic E-state index is 0.111. The molecule has 0 aliphatic carbocycles. The van der Waals surface area contributed by atoms with Crippen LogP contribution in [0.1, 0.15) is 12.0 Å². The van der Waals surface area contributed by atoms with Crippen molar-refractivity contribution < 1.29 is 9.53 Å². The van der Waals surface area contributed by atoms with Crippen molar-refractivity contribution in [3.05, 3.63) is 35.9 Å². The van der Waals surface area contributed by atoms with Gasteiger partial charge in [0.2, 0.25) is 5.91 Å². The number of amides is 1. The number of nitrogens with one attached hydrogen (secondary N) is 1. The van der Waals surface area contributed by atoms with Crippen LogP contribution in [0.2, 0.25) is 0 Å². The van der Waals surface area contributed by atoms with Crippen LogP contribution in [0.4, 0.5) is 0 Å². The van der Waals surface area contributed by atoms with Crippen molar-refractivity contribution in [1.82, 2.24) is 10.2 Å². The molecule has 2 atom stereocenters. The second-order valence-electron chi connectivity index (χ2n) is 5.34. The van der Waals surface area contributed by atoms with Gasteiger partial charge in [0, 0.05) is 25.0 Å². The Labute approximate surface area is 113 Å². The Balaban J connectivity index is 1.80. The summed E-state index contributed by atoms with van der Waals surface area (Å²) >= 11 is 0. The number of carbonyl (C=O) groups is 1. The number of fused-ring (bicyclic) bond motifs is 1. The van der Waals surface area contributed by atoms with Crippen molar-refractivity contribution in [3.63, 3.8) is 0 Å². The molecule has 2 fully saturated rings. The molecule has 2 aliphatic rings. The molecule has 0 spiro atoms. The van der Waals surface area contributed by atoms with Crippen LogP contribution in [0, 0.1) is 5.92 Å². The van der Waals surface area contributed by atoms with E-state index in [0.29, 0.717) is 19.1 Å². The van der Waals surface area contributed by atoms with Gasteiger partial charge in [-0.15, -0.1) is 0 Å². The standard InChI is InChI=1S/C15H20N2O2/c18-15-11-19-10-13-6-7-16-8-14(13)17(15)9-12-4-2-1-3-5-12/h1-5,13-14,16H,6-11H2. The molecular weight excluding hydrogens is 240 g/mol. The number of nitrogens with zero attached hydrogens (tertiary/aromatic N) is 1. The Morgan fingerprint density at radius 1 is 1.32 bits per heavy atom. The molecule has 0 radical (unpaired) electrons. The maximum Gasteiger partial charge on any atom is 0.249 e. The molecule has 4 heteroatoms. The first-order valence-electron chi connectivity index (χ1n) is 6.96. The van der Waals surface area contributed by atoms with Crippen LogP contribution in [0.15, 0.2) is 30.3 Å². The molecule has 0 saturated carbocycles. The predicted molar refractivity (Wildman–Crippen MR) is 72.6 cm³/mol. The van der Waals surface area contributed by atoms with Crippen molar-refractivity contribution in [2.24, 2.45) is 5.92 Å². The van der Waals surface area contributed by atoms with Gasteiger partial charge in [0.05, 0.1) is 6.61 Å². The molecular formula is C15H20N2O2. The van der Waals surface area contributed by atoms with Gasteiger partial charge in [0.1, 0.15) is 6.61 Å². The summed E-state index contributed by atoms with van der Waals surface area (Å²) in [4.78, 5) is 14.2. The van der Waals surface area contributed by atoms with E-state index in [-0.39, 0.29) is 18.6 Å². The first-order valence-corrected chi connectivity index (χ1v) is 6.96. The molecule has 1 amide bonds. The van der Waals surface area contributed by atoms with Gasteiger partial charge in [-0.1, -0.05) is 30.3 Å². The van der Waals surface area contributed by atoms with Gasteiger partial charge in [-0.05, 0) is 18.5 Å². The fourth-order valence-corrected chi connectivity index (χ4v) is 3.01. The molecule has 19 heavy (non-hydrogen) atoms. The fraction of sp³-hybridized carbons (Fsp3) is 0.533. The first-order chi connectivity index (χ1) is 9.34. The topological polar surface area (TPSA) is 41.6 Å². The summed E-state index contributed by atoms with van der Waals surface area (Å²) in [6.07, 6.45) is 1.09. The van der Waals surface area contributed by atoms with E-state index in [9.17, 15) is 4.79 Å². The van der Waals surface area contributed by atoms with Crippen LogP contribution >= 0.6 is 0 Å². The van der Waals surface area contributed by atoms with Crippen LogP contribution in [-0.4, -0.2) is 43.2 Å². The van der Waals surface area contributed by atoms with Crippen molar-refractivity contribution in [3.8, 4) is 0 Å². The maximum atomic E-state index is 12.2. The summed E-state index contributed by atoms with van der Waals surface area (Å²) in [5.74, 6) is 0.580. The zero-order valence-corrected chi connectivity index (χ0v) is 11.0. The summed E-state index contributed by atoms with van der Waals surface area (Å²) < 4.78 is 5.53. The average Bonchev–Trinajstić information content (AvgIpc) is 2.61. The minimum Gasteiger partial charge on any atom is -0.371 e. The molecule has 1 N–H and O–H groups in total. The highest BCUT2D eigenvalue weighted by atomic mass is 16.5.